The summed E-state index contributed by atoms with van der Waals surface area (Å²) in [6, 6.07) is 19.2. The van der Waals surface area contributed by atoms with Gasteiger partial charge < -0.3 is 15.7 Å². The molecule has 0 bridgehead atoms. The van der Waals surface area contributed by atoms with Crippen molar-refractivity contribution in [1.29, 1.82) is 0 Å². The van der Waals surface area contributed by atoms with Crippen molar-refractivity contribution in [2.75, 3.05) is 5.32 Å². The Morgan fingerprint density at radius 1 is 0.926 bits per heavy atom. The van der Waals surface area contributed by atoms with E-state index in [-0.39, 0.29) is 17.7 Å². The lowest BCUT2D eigenvalue weighted by molar-refractivity contribution is 0.0926. The van der Waals surface area contributed by atoms with Gasteiger partial charge >= 0.3 is 0 Å². The highest BCUT2D eigenvalue weighted by Crippen LogP contribution is 2.23. The first kappa shape index (κ1) is 17.3. The molecule has 0 unspecified atom stereocenters. The number of phenols is 1. The Kier molecular flexibility index (Phi) is 4.92. The number of aromatic hydroxyl groups is 1. The van der Waals surface area contributed by atoms with Gasteiger partial charge in [0.1, 0.15) is 11.6 Å². The van der Waals surface area contributed by atoms with Crippen LogP contribution in [-0.2, 0) is 0 Å². The molecule has 138 valence electrons. The van der Waals surface area contributed by atoms with Gasteiger partial charge in [0.15, 0.2) is 0 Å². The van der Waals surface area contributed by atoms with Gasteiger partial charge in [-0.2, -0.15) is 0 Å². The fourth-order valence-corrected chi connectivity index (χ4v) is 3.65. The molecular weight excluding hydrogens is 338 g/mol. The Hall–Kier alpha value is -3.08. The number of para-hydroxylation sites is 1. The van der Waals surface area contributed by atoms with Gasteiger partial charge in [0.05, 0.1) is 5.52 Å². The number of nitrogens with zero attached hydrogens (tertiary/aromatic N) is 1. The highest BCUT2D eigenvalue weighted by atomic mass is 16.3. The first-order valence-corrected chi connectivity index (χ1v) is 9.39. The summed E-state index contributed by atoms with van der Waals surface area (Å²) >= 11 is 0. The van der Waals surface area contributed by atoms with Gasteiger partial charge in [-0.1, -0.05) is 24.3 Å². The number of aromatic nitrogens is 1. The fraction of sp³-hybridized carbons (Fsp3) is 0.273. The third-order valence-electron chi connectivity index (χ3n) is 5.12. The number of phenolic OH excluding ortho intramolecular Hbond substituents is 1. The lowest BCUT2D eigenvalue weighted by Crippen LogP contribution is -2.40. The highest BCUT2D eigenvalue weighted by Gasteiger charge is 2.23. The summed E-state index contributed by atoms with van der Waals surface area (Å²) in [5.41, 5.74) is 1.49. The molecule has 0 spiro atoms. The Morgan fingerprint density at radius 3 is 2.52 bits per heavy atom. The normalized spacial score (nSPS) is 19.6. The summed E-state index contributed by atoms with van der Waals surface area (Å²) in [5.74, 6) is 0.887. The molecule has 4 rings (SSSR count). The van der Waals surface area contributed by atoms with Crippen LogP contribution in [-0.4, -0.2) is 28.1 Å². The molecular formula is C22H23N3O2. The Bertz CT molecular complexity index is 949. The van der Waals surface area contributed by atoms with E-state index in [4.69, 9.17) is 0 Å². The molecule has 27 heavy (non-hydrogen) atoms. The quantitative estimate of drug-likeness (QED) is 0.654. The highest BCUT2D eigenvalue weighted by molar-refractivity contribution is 5.94. The van der Waals surface area contributed by atoms with Crippen LogP contribution in [0.2, 0.25) is 0 Å². The molecule has 0 radical (unpaired) electrons. The third-order valence-corrected chi connectivity index (χ3v) is 5.12. The molecule has 0 saturated heterocycles. The molecule has 1 fully saturated rings. The minimum Gasteiger partial charge on any atom is -0.508 e. The van der Waals surface area contributed by atoms with Crippen molar-refractivity contribution in [2.24, 2.45) is 0 Å². The molecule has 0 aliphatic heterocycles. The third kappa shape index (κ3) is 4.19. The van der Waals surface area contributed by atoms with Crippen LogP contribution >= 0.6 is 0 Å². The van der Waals surface area contributed by atoms with E-state index in [0.29, 0.717) is 11.6 Å². The summed E-state index contributed by atoms with van der Waals surface area (Å²) in [6.45, 7) is 0. The number of hydrogen-bond acceptors (Lipinski definition) is 4. The molecule has 1 saturated carbocycles. The average molecular weight is 361 g/mol. The minimum atomic E-state index is -0.126. The van der Waals surface area contributed by atoms with Crippen molar-refractivity contribution in [3.8, 4) is 5.75 Å². The number of benzene rings is 2. The Labute approximate surface area is 158 Å². The summed E-state index contributed by atoms with van der Waals surface area (Å²) in [4.78, 5) is 17.0. The summed E-state index contributed by atoms with van der Waals surface area (Å²) in [6.07, 6.45) is 3.82. The number of carbonyl (C=O) groups is 1. The zero-order valence-corrected chi connectivity index (χ0v) is 15.1. The second kappa shape index (κ2) is 7.66. The van der Waals surface area contributed by atoms with Crippen LogP contribution in [0.5, 0.6) is 5.75 Å². The molecule has 5 heteroatoms. The predicted octanol–water partition coefficient (Wildman–Crippen LogP) is 4.09. The van der Waals surface area contributed by atoms with Crippen LogP contribution in [0.25, 0.3) is 10.9 Å². The monoisotopic (exact) mass is 361 g/mol. The number of pyridine rings is 1. The molecule has 1 aliphatic carbocycles. The topological polar surface area (TPSA) is 74.2 Å². The smallest absolute Gasteiger partial charge is 0.251 e. The number of rotatable bonds is 4. The summed E-state index contributed by atoms with van der Waals surface area (Å²) in [5, 5.41) is 17.3. The van der Waals surface area contributed by atoms with E-state index in [9.17, 15) is 9.90 Å². The molecule has 3 aromatic rings. The number of nitrogens with one attached hydrogen (secondary N) is 2. The van der Waals surface area contributed by atoms with E-state index in [0.717, 1.165) is 42.4 Å². The van der Waals surface area contributed by atoms with E-state index in [2.05, 4.69) is 27.8 Å². The number of anilines is 1. The SMILES string of the molecule is O=C(NC1CCC(Nc2ccc3ccccc3n2)CC1)c1cccc(O)c1. The first-order chi connectivity index (χ1) is 13.2. The maximum atomic E-state index is 12.3. The zero-order valence-electron chi connectivity index (χ0n) is 15.1. The van der Waals surface area contributed by atoms with Crippen molar-refractivity contribution in [3.63, 3.8) is 0 Å². The maximum Gasteiger partial charge on any atom is 0.251 e. The number of carbonyl (C=O) groups excluding carboxylic acids is 1. The van der Waals surface area contributed by atoms with E-state index >= 15 is 0 Å². The number of hydrogen-bond donors (Lipinski definition) is 3. The van der Waals surface area contributed by atoms with Crippen molar-refractivity contribution in [3.05, 3.63) is 66.2 Å². The van der Waals surface area contributed by atoms with Gasteiger partial charge in [0.25, 0.3) is 5.91 Å². The van der Waals surface area contributed by atoms with Crippen LogP contribution in [0.3, 0.4) is 0 Å². The van der Waals surface area contributed by atoms with Gasteiger partial charge in [-0.15, -0.1) is 0 Å². The second-order valence-electron chi connectivity index (χ2n) is 7.11. The van der Waals surface area contributed by atoms with Crippen LogP contribution in [0, 0.1) is 0 Å². The Balaban J connectivity index is 1.31. The lowest BCUT2D eigenvalue weighted by Gasteiger charge is -2.30. The van der Waals surface area contributed by atoms with Crippen LogP contribution < -0.4 is 10.6 Å². The summed E-state index contributed by atoms with van der Waals surface area (Å²) in [7, 11) is 0. The van der Waals surface area contributed by atoms with Gasteiger partial charge in [-0.05, 0) is 62.1 Å². The zero-order chi connectivity index (χ0) is 18.6. The van der Waals surface area contributed by atoms with Crippen molar-refractivity contribution in [2.45, 2.75) is 37.8 Å². The van der Waals surface area contributed by atoms with Crippen molar-refractivity contribution < 1.29 is 9.90 Å². The summed E-state index contributed by atoms with van der Waals surface area (Å²) < 4.78 is 0. The van der Waals surface area contributed by atoms with Crippen molar-refractivity contribution in [1.82, 2.24) is 10.3 Å². The molecule has 3 N–H and O–H groups in total. The van der Waals surface area contributed by atoms with Gasteiger partial charge in [0.2, 0.25) is 0 Å². The average Bonchev–Trinajstić information content (AvgIpc) is 2.69. The fourth-order valence-electron chi connectivity index (χ4n) is 3.65. The standard InChI is InChI=1S/C22H23N3O2/c26-19-6-3-5-16(14-19)22(27)24-18-11-9-17(10-12-18)23-21-13-8-15-4-1-2-7-20(15)25-21/h1-8,13-14,17-18,26H,9-12H2,(H,23,25)(H,24,27). The van der Waals surface area contributed by atoms with E-state index in [1.165, 1.54) is 6.07 Å². The molecule has 2 aromatic carbocycles. The molecule has 1 heterocycles. The van der Waals surface area contributed by atoms with Crippen molar-refractivity contribution >= 4 is 22.6 Å². The number of amides is 1. The van der Waals surface area contributed by atoms with Crippen LogP contribution in [0.4, 0.5) is 5.82 Å². The molecule has 5 nitrogen and oxygen atoms in total. The second-order valence-corrected chi connectivity index (χ2v) is 7.11. The lowest BCUT2D eigenvalue weighted by atomic mass is 9.91. The predicted molar refractivity (Wildman–Crippen MR) is 107 cm³/mol. The molecule has 1 aromatic heterocycles. The molecule has 1 aliphatic rings. The van der Waals surface area contributed by atoms with E-state index in [1.807, 2.05) is 24.3 Å². The maximum absolute atomic E-state index is 12.3. The van der Waals surface area contributed by atoms with Gasteiger partial charge in [-0.3, -0.25) is 4.79 Å². The van der Waals surface area contributed by atoms with Gasteiger partial charge in [-0.25, -0.2) is 4.98 Å². The van der Waals surface area contributed by atoms with E-state index in [1.54, 1.807) is 18.2 Å². The van der Waals surface area contributed by atoms with E-state index < -0.39 is 0 Å². The minimum absolute atomic E-state index is 0.110. The first-order valence-electron chi connectivity index (χ1n) is 9.39. The largest absolute Gasteiger partial charge is 0.508 e. The molecule has 0 atom stereocenters. The Morgan fingerprint density at radius 2 is 1.70 bits per heavy atom. The number of fused-ring (bicyclic) bond motifs is 1. The van der Waals surface area contributed by atoms with Crippen LogP contribution in [0.15, 0.2) is 60.7 Å². The van der Waals surface area contributed by atoms with Gasteiger partial charge in [0, 0.05) is 23.0 Å². The van der Waals surface area contributed by atoms with Crippen LogP contribution in [0.1, 0.15) is 36.0 Å². The molecule has 1 amide bonds.